The van der Waals surface area contributed by atoms with Gasteiger partial charge in [0.05, 0.1) is 13.2 Å². The van der Waals surface area contributed by atoms with Crippen molar-refractivity contribution in [2.45, 2.75) is 32.3 Å². The number of nitrogens with two attached hydrogens (primary N) is 1. The van der Waals surface area contributed by atoms with Gasteiger partial charge in [-0.25, -0.2) is 0 Å². The van der Waals surface area contributed by atoms with Crippen LogP contribution in [0.5, 0.6) is 5.75 Å². The highest BCUT2D eigenvalue weighted by Gasteiger charge is 2.25. The van der Waals surface area contributed by atoms with E-state index in [0.717, 1.165) is 28.2 Å². The van der Waals surface area contributed by atoms with Gasteiger partial charge in [0.25, 0.3) is 0 Å². The molecule has 0 aliphatic rings. The minimum atomic E-state index is -0.601. The first-order valence-electron chi connectivity index (χ1n) is 7.22. The Morgan fingerprint density at radius 2 is 2.05 bits per heavy atom. The number of rotatable bonds is 6. The third-order valence-corrected chi connectivity index (χ3v) is 5.04. The SMILES string of the molecule is CCc1ccc(C(O)C(CN)c2cc(C)ccc2OC)s1. The lowest BCUT2D eigenvalue weighted by atomic mass is 9.90. The van der Waals surface area contributed by atoms with Gasteiger partial charge in [0, 0.05) is 27.8 Å². The molecule has 1 heterocycles. The summed E-state index contributed by atoms with van der Waals surface area (Å²) in [5, 5.41) is 10.7. The zero-order valence-corrected chi connectivity index (χ0v) is 13.6. The second-order valence-electron chi connectivity index (χ2n) is 5.19. The van der Waals surface area contributed by atoms with E-state index in [-0.39, 0.29) is 5.92 Å². The summed E-state index contributed by atoms with van der Waals surface area (Å²) in [6.45, 7) is 4.52. The highest BCUT2D eigenvalue weighted by atomic mass is 32.1. The number of aryl methyl sites for hydroxylation is 2. The van der Waals surface area contributed by atoms with Crippen LogP contribution >= 0.6 is 11.3 Å². The second-order valence-corrected chi connectivity index (χ2v) is 6.39. The standard InChI is InChI=1S/C17H23NO2S/c1-4-12-6-8-16(21-12)17(19)14(10-18)13-9-11(2)5-7-15(13)20-3/h5-9,14,17,19H,4,10,18H2,1-3H3. The number of methoxy groups -OCH3 is 1. The third kappa shape index (κ3) is 3.46. The van der Waals surface area contributed by atoms with Crippen molar-refractivity contribution in [2.75, 3.05) is 13.7 Å². The normalized spacial score (nSPS) is 14.0. The molecule has 1 aromatic heterocycles. The monoisotopic (exact) mass is 305 g/mol. The van der Waals surface area contributed by atoms with Crippen molar-refractivity contribution in [3.63, 3.8) is 0 Å². The van der Waals surface area contributed by atoms with Gasteiger partial charge in [0.1, 0.15) is 5.75 Å². The van der Waals surface area contributed by atoms with Crippen LogP contribution in [-0.4, -0.2) is 18.8 Å². The van der Waals surface area contributed by atoms with Crippen LogP contribution in [-0.2, 0) is 6.42 Å². The zero-order valence-electron chi connectivity index (χ0n) is 12.8. The molecule has 0 amide bonds. The van der Waals surface area contributed by atoms with Gasteiger partial charge in [-0.15, -0.1) is 11.3 Å². The molecule has 21 heavy (non-hydrogen) atoms. The van der Waals surface area contributed by atoms with E-state index < -0.39 is 6.10 Å². The third-order valence-electron chi connectivity index (χ3n) is 3.74. The average molecular weight is 305 g/mol. The summed E-state index contributed by atoms with van der Waals surface area (Å²) in [5.74, 6) is 0.616. The molecule has 1 aromatic carbocycles. The fraction of sp³-hybridized carbons (Fsp3) is 0.412. The maximum Gasteiger partial charge on any atom is 0.122 e. The van der Waals surface area contributed by atoms with E-state index in [9.17, 15) is 5.11 Å². The molecule has 0 spiro atoms. The van der Waals surface area contributed by atoms with E-state index in [4.69, 9.17) is 10.5 Å². The maximum absolute atomic E-state index is 10.7. The summed E-state index contributed by atoms with van der Waals surface area (Å²) in [6, 6.07) is 10.1. The molecule has 2 rings (SSSR count). The predicted octanol–water partition coefficient (Wildman–Crippen LogP) is 3.40. The number of hydrogen-bond acceptors (Lipinski definition) is 4. The first kappa shape index (κ1) is 16.0. The highest BCUT2D eigenvalue weighted by molar-refractivity contribution is 7.12. The fourth-order valence-electron chi connectivity index (χ4n) is 2.51. The summed E-state index contributed by atoms with van der Waals surface area (Å²) >= 11 is 1.65. The van der Waals surface area contributed by atoms with Gasteiger partial charge in [-0.2, -0.15) is 0 Å². The van der Waals surface area contributed by atoms with E-state index in [1.807, 2.05) is 31.2 Å². The van der Waals surface area contributed by atoms with E-state index in [2.05, 4.69) is 13.0 Å². The van der Waals surface area contributed by atoms with Crippen molar-refractivity contribution in [1.29, 1.82) is 0 Å². The van der Waals surface area contributed by atoms with Crippen LogP contribution in [0, 0.1) is 6.92 Å². The summed E-state index contributed by atoms with van der Waals surface area (Å²) in [7, 11) is 1.65. The molecule has 2 unspecified atom stereocenters. The Kier molecular flexibility index (Phi) is 5.39. The number of ether oxygens (including phenoxy) is 1. The largest absolute Gasteiger partial charge is 0.496 e. The van der Waals surface area contributed by atoms with Crippen LogP contribution in [0.4, 0.5) is 0 Å². The van der Waals surface area contributed by atoms with Gasteiger partial charge in [0.2, 0.25) is 0 Å². The number of aliphatic hydroxyl groups is 1. The quantitative estimate of drug-likeness (QED) is 0.860. The van der Waals surface area contributed by atoms with Crippen LogP contribution in [0.15, 0.2) is 30.3 Å². The fourth-order valence-corrected chi connectivity index (χ4v) is 3.52. The molecule has 3 N–H and O–H groups in total. The van der Waals surface area contributed by atoms with Crippen molar-refractivity contribution in [3.8, 4) is 5.75 Å². The Bertz CT molecular complexity index is 594. The highest BCUT2D eigenvalue weighted by Crippen LogP contribution is 2.38. The van der Waals surface area contributed by atoms with Gasteiger partial charge in [-0.1, -0.05) is 24.6 Å². The van der Waals surface area contributed by atoms with E-state index >= 15 is 0 Å². The molecular weight excluding hydrogens is 282 g/mol. The van der Waals surface area contributed by atoms with Crippen LogP contribution in [0.2, 0.25) is 0 Å². The number of thiophene rings is 1. The Morgan fingerprint density at radius 3 is 2.62 bits per heavy atom. The van der Waals surface area contributed by atoms with Crippen molar-refractivity contribution in [1.82, 2.24) is 0 Å². The predicted molar refractivity (Wildman–Crippen MR) is 88.2 cm³/mol. The average Bonchev–Trinajstić information content (AvgIpc) is 2.97. The molecule has 0 saturated heterocycles. The van der Waals surface area contributed by atoms with E-state index in [0.29, 0.717) is 6.54 Å². The Hall–Kier alpha value is -1.36. The summed E-state index contributed by atoms with van der Waals surface area (Å²) in [6.07, 6.45) is 0.384. The molecule has 0 aliphatic heterocycles. The van der Waals surface area contributed by atoms with Crippen molar-refractivity contribution < 1.29 is 9.84 Å². The molecule has 2 aromatic rings. The van der Waals surface area contributed by atoms with E-state index in [1.54, 1.807) is 18.4 Å². The molecule has 0 bridgehead atoms. The Morgan fingerprint density at radius 1 is 1.29 bits per heavy atom. The first-order chi connectivity index (χ1) is 10.1. The van der Waals surface area contributed by atoms with Gasteiger partial charge >= 0.3 is 0 Å². The lowest BCUT2D eigenvalue weighted by molar-refractivity contribution is 0.149. The molecule has 0 radical (unpaired) electrons. The Balaban J connectivity index is 2.36. The van der Waals surface area contributed by atoms with Crippen LogP contribution < -0.4 is 10.5 Å². The van der Waals surface area contributed by atoms with Crippen LogP contribution in [0.25, 0.3) is 0 Å². The Labute approximate surface area is 130 Å². The van der Waals surface area contributed by atoms with Gasteiger partial charge in [-0.05, 0) is 31.5 Å². The number of aliphatic hydroxyl groups excluding tert-OH is 1. The minimum absolute atomic E-state index is 0.164. The van der Waals surface area contributed by atoms with Crippen molar-refractivity contribution in [2.24, 2.45) is 5.73 Å². The number of benzene rings is 1. The lowest BCUT2D eigenvalue weighted by Gasteiger charge is -2.23. The number of hydrogen-bond donors (Lipinski definition) is 2. The van der Waals surface area contributed by atoms with Crippen molar-refractivity contribution >= 4 is 11.3 Å². The van der Waals surface area contributed by atoms with Gasteiger partial charge < -0.3 is 15.6 Å². The van der Waals surface area contributed by atoms with Crippen molar-refractivity contribution in [3.05, 3.63) is 51.2 Å². The molecule has 4 heteroatoms. The molecule has 3 nitrogen and oxygen atoms in total. The molecular formula is C17H23NO2S. The van der Waals surface area contributed by atoms with Gasteiger partial charge in [0.15, 0.2) is 0 Å². The molecule has 0 aliphatic carbocycles. The van der Waals surface area contributed by atoms with Crippen LogP contribution in [0.1, 0.15) is 39.8 Å². The lowest BCUT2D eigenvalue weighted by Crippen LogP contribution is -2.20. The topological polar surface area (TPSA) is 55.5 Å². The van der Waals surface area contributed by atoms with Gasteiger partial charge in [-0.3, -0.25) is 0 Å². The first-order valence-corrected chi connectivity index (χ1v) is 8.03. The molecule has 2 atom stereocenters. The molecule has 0 fully saturated rings. The van der Waals surface area contributed by atoms with Crippen LogP contribution in [0.3, 0.4) is 0 Å². The summed E-state index contributed by atoms with van der Waals surface area (Å²) < 4.78 is 5.43. The second kappa shape index (κ2) is 7.07. The summed E-state index contributed by atoms with van der Waals surface area (Å²) in [5.41, 5.74) is 8.05. The summed E-state index contributed by atoms with van der Waals surface area (Å²) in [4.78, 5) is 2.24. The van der Waals surface area contributed by atoms with E-state index in [1.165, 1.54) is 4.88 Å². The smallest absolute Gasteiger partial charge is 0.122 e. The molecule has 114 valence electrons. The molecule has 0 saturated carbocycles. The maximum atomic E-state index is 10.7. The zero-order chi connectivity index (χ0) is 15.4. The minimum Gasteiger partial charge on any atom is -0.496 e.